The molecule has 58 valence electrons. The number of aliphatic carboxylic acids is 1. The number of ether oxygens (including phenoxy) is 1. The van der Waals surface area contributed by atoms with Crippen molar-refractivity contribution in [2.24, 2.45) is 0 Å². The zero-order chi connectivity index (χ0) is 7.78. The Kier molecular flexibility index (Phi) is 1.66. The second-order valence-electron chi connectivity index (χ2n) is 3.06. The predicted octanol–water partition coefficient (Wildman–Crippen LogP) is -0.205. The summed E-state index contributed by atoms with van der Waals surface area (Å²) >= 11 is 0. The van der Waals surface area contributed by atoms with Gasteiger partial charge in [-0.3, -0.25) is 5.32 Å². The quantitative estimate of drug-likeness (QED) is 0.536. The normalized spacial score (nSPS) is 30.4. The van der Waals surface area contributed by atoms with Gasteiger partial charge in [-0.1, -0.05) is 0 Å². The molecule has 0 radical (unpaired) electrons. The van der Waals surface area contributed by atoms with Gasteiger partial charge in [-0.2, -0.15) is 0 Å². The van der Waals surface area contributed by atoms with Crippen molar-refractivity contribution in [1.29, 1.82) is 0 Å². The fraction of sp³-hybridized carbons (Fsp3) is 0.833. The molecule has 4 heteroatoms. The molecule has 0 aromatic rings. The Morgan fingerprint density at radius 3 is 2.60 bits per heavy atom. The van der Waals surface area contributed by atoms with E-state index in [1.54, 1.807) is 0 Å². The van der Waals surface area contributed by atoms with Crippen LogP contribution in [0.15, 0.2) is 0 Å². The van der Waals surface area contributed by atoms with Gasteiger partial charge >= 0.3 is 5.97 Å². The smallest absolute Gasteiger partial charge is 0.348 e. The van der Waals surface area contributed by atoms with Crippen LogP contribution in [0.3, 0.4) is 0 Å². The molecule has 0 bridgehead atoms. The Bertz CT molecular complexity index is 155. The maximum Gasteiger partial charge on any atom is 0.348 e. The molecule has 0 aromatic heterocycles. The first kappa shape index (κ1) is 7.50. The van der Waals surface area contributed by atoms with E-state index in [0.717, 1.165) is 0 Å². The lowest BCUT2D eigenvalue weighted by Crippen LogP contribution is -2.42. The number of carboxylic acid groups (broad SMARTS) is 1. The standard InChI is InChI=1S/C6H11NO3/c1-6(2)3-10-4(7-6)5(8)9/h4,7H,3H2,1-2H3,(H,8,9). The molecule has 1 rings (SSSR count). The average Bonchev–Trinajstić information content (AvgIpc) is 2.10. The largest absolute Gasteiger partial charge is 0.478 e. The molecular formula is C6H11NO3. The van der Waals surface area contributed by atoms with E-state index in [-0.39, 0.29) is 5.54 Å². The second-order valence-corrected chi connectivity index (χ2v) is 3.06. The number of hydrogen-bond acceptors (Lipinski definition) is 3. The van der Waals surface area contributed by atoms with Crippen LogP contribution in [0.25, 0.3) is 0 Å². The van der Waals surface area contributed by atoms with Crippen molar-refractivity contribution in [3.63, 3.8) is 0 Å². The lowest BCUT2D eigenvalue weighted by atomic mass is 10.1. The molecule has 1 saturated heterocycles. The third kappa shape index (κ3) is 1.46. The first-order valence-electron chi connectivity index (χ1n) is 3.13. The van der Waals surface area contributed by atoms with Gasteiger partial charge in [0.2, 0.25) is 6.23 Å². The molecule has 0 aromatic carbocycles. The molecule has 1 unspecified atom stereocenters. The van der Waals surface area contributed by atoms with E-state index in [4.69, 9.17) is 9.84 Å². The Labute approximate surface area is 59.2 Å². The third-order valence-corrected chi connectivity index (χ3v) is 1.36. The molecule has 4 nitrogen and oxygen atoms in total. The van der Waals surface area contributed by atoms with Crippen LogP contribution >= 0.6 is 0 Å². The summed E-state index contributed by atoms with van der Waals surface area (Å²) in [7, 11) is 0. The Balaban J connectivity index is 2.51. The van der Waals surface area contributed by atoms with Crippen molar-refractivity contribution in [1.82, 2.24) is 5.32 Å². The zero-order valence-corrected chi connectivity index (χ0v) is 6.05. The predicted molar refractivity (Wildman–Crippen MR) is 34.6 cm³/mol. The Morgan fingerprint density at radius 2 is 2.40 bits per heavy atom. The lowest BCUT2D eigenvalue weighted by Gasteiger charge is -2.14. The van der Waals surface area contributed by atoms with Gasteiger partial charge in [0.1, 0.15) is 0 Å². The molecule has 0 amide bonds. The molecule has 10 heavy (non-hydrogen) atoms. The highest BCUT2D eigenvalue weighted by Crippen LogP contribution is 2.13. The summed E-state index contributed by atoms with van der Waals surface area (Å²) in [5.74, 6) is -0.953. The highest BCUT2D eigenvalue weighted by molar-refractivity contribution is 5.72. The summed E-state index contributed by atoms with van der Waals surface area (Å²) in [6, 6.07) is 0. The van der Waals surface area contributed by atoms with E-state index >= 15 is 0 Å². The molecular weight excluding hydrogens is 134 g/mol. The van der Waals surface area contributed by atoms with Crippen LogP contribution in [0, 0.1) is 0 Å². The van der Waals surface area contributed by atoms with Gasteiger partial charge in [0.25, 0.3) is 0 Å². The van der Waals surface area contributed by atoms with Gasteiger partial charge in [0.05, 0.1) is 6.61 Å². The second kappa shape index (κ2) is 2.21. The van der Waals surface area contributed by atoms with Crippen LogP contribution in [-0.2, 0) is 9.53 Å². The summed E-state index contributed by atoms with van der Waals surface area (Å²) in [4.78, 5) is 10.3. The van der Waals surface area contributed by atoms with E-state index < -0.39 is 12.2 Å². The van der Waals surface area contributed by atoms with Crippen LogP contribution < -0.4 is 5.32 Å². The first-order valence-corrected chi connectivity index (χ1v) is 3.13. The average molecular weight is 145 g/mol. The van der Waals surface area contributed by atoms with Crippen molar-refractivity contribution in [3.05, 3.63) is 0 Å². The topological polar surface area (TPSA) is 58.6 Å². The van der Waals surface area contributed by atoms with Crippen LogP contribution in [0.5, 0.6) is 0 Å². The minimum Gasteiger partial charge on any atom is -0.478 e. The summed E-state index contributed by atoms with van der Waals surface area (Å²) in [6.07, 6.45) is -0.824. The summed E-state index contributed by atoms with van der Waals surface area (Å²) < 4.78 is 4.92. The molecule has 1 aliphatic rings. The molecule has 1 heterocycles. The van der Waals surface area contributed by atoms with Crippen molar-refractivity contribution in [2.75, 3.05) is 6.61 Å². The number of nitrogens with one attached hydrogen (secondary N) is 1. The van der Waals surface area contributed by atoms with Gasteiger partial charge < -0.3 is 9.84 Å². The summed E-state index contributed by atoms with van der Waals surface area (Å²) in [6.45, 7) is 4.25. The van der Waals surface area contributed by atoms with Crippen LogP contribution in [0.1, 0.15) is 13.8 Å². The molecule has 0 saturated carbocycles. The molecule has 0 aliphatic carbocycles. The Hall–Kier alpha value is -0.610. The van der Waals surface area contributed by atoms with E-state index in [0.29, 0.717) is 6.61 Å². The lowest BCUT2D eigenvalue weighted by molar-refractivity contribution is -0.148. The SMILES string of the molecule is CC1(C)COC(C(=O)O)N1. The van der Waals surface area contributed by atoms with Crippen molar-refractivity contribution < 1.29 is 14.6 Å². The number of carboxylic acids is 1. The van der Waals surface area contributed by atoms with Crippen molar-refractivity contribution in [2.45, 2.75) is 25.6 Å². The summed E-state index contributed by atoms with van der Waals surface area (Å²) in [5, 5.41) is 11.3. The van der Waals surface area contributed by atoms with Gasteiger partial charge in [0.15, 0.2) is 0 Å². The molecule has 1 fully saturated rings. The highest BCUT2D eigenvalue weighted by atomic mass is 16.5. The summed E-state index contributed by atoms with van der Waals surface area (Å²) in [5.41, 5.74) is -0.205. The minimum absolute atomic E-state index is 0.205. The van der Waals surface area contributed by atoms with Crippen molar-refractivity contribution >= 4 is 5.97 Å². The first-order chi connectivity index (χ1) is 4.51. The number of hydrogen-bond donors (Lipinski definition) is 2. The minimum atomic E-state index is -0.953. The van der Waals surface area contributed by atoms with Crippen molar-refractivity contribution in [3.8, 4) is 0 Å². The third-order valence-electron chi connectivity index (χ3n) is 1.36. The Morgan fingerprint density at radius 1 is 1.80 bits per heavy atom. The van der Waals surface area contributed by atoms with Crippen LogP contribution in [0.4, 0.5) is 0 Å². The number of carbonyl (C=O) groups is 1. The van der Waals surface area contributed by atoms with Crippen LogP contribution in [0.2, 0.25) is 0 Å². The monoisotopic (exact) mass is 145 g/mol. The maximum atomic E-state index is 10.3. The molecule has 1 aliphatic heterocycles. The van der Waals surface area contributed by atoms with Gasteiger partial charge in [-0.25, -0.2) is 4.79 Å². The van der Waals surface area contributed by atoms with Gasteiger partial charge in [-0.05, 0) is 13.8 Å². The van der Waals surface area contributed by atoms with E-state index in [1.165, 1.54) is 0 Å². The fourth-order valence-electron chi connectivity index (χ4n) is 0.863. The van der Waals surface area contributed by atoms with E-state index in [9.17, 15) is 4.79 Å². The van der Waals surface area contributed by atoms with Gasteiger partial charge in [-0.15, -0.1) is 0 Å². The fourth-order valence-corrected chi connectivity index (χ4v) is 0.863. The maximum absolute atomic E-state index is 10.3. The highest BCUT2D eigenvalue weighted by Gasteiger charge is 2.34. The van der Waals surface area contributed by atoms with Crippen LogP contribution in [-0.4, -0.2) is 29.4 Å². The zero-order valence-electron chi connectivity index (χ0n) is 6.05. The van der Waals surface area contributed by atoms with Gasteiger partial charge in [0, 0.05) is 5.54 Å². The van der Waals surface area contributed by atoms with E-state index in [1.807, 2.05) is 13.8 Å². The molecule has 0 spiro atoms. The van der Waals surface area contributed by atoms with E-state index in [2.05, 4.69) is 5.32 Å². The number of rotatable bonds is 1. The molecule has 2 N–H and O–H groups in total. The molecule has 1 atom stereocenters.